The molecule has 0 saturated carbocycles. The second-order valence-corrected chi connectivity index (χ2v) is 10.5. The zero-order valence-electron chi connectivity index (χ0n) is 16.6. The van der Waals surface area contributed by atoms with Crippen molar-refractivity contribution in [2.45, 2.75) is 22.2 Å². The lowest BCUT2D eigenvalue weighted by Gasteiger charge is -2.15. The monoisotopic (exact) mass is 464 g/mol. The Balaban J connectivity index is 1.74. The molecule has 0 radical (unpaired) electrons. The first-order valence-corrected chi connectivity index (χ1v) is 11.7. The van der Waals surface area contributed by atoms with E-state index in [4.69, 9.17) is 11.6 Å². The van der Waals surface area contributed by atoms with E-state index >= 15 is 0 Å². The first-order valence-electron chi connectivity index (χ1n) is 8.98. The Hall–Kier alpha value is -2.33. The molecule has 0 bridgehead atoms. The van der Waals surface area contributed by atoms with Crippen LogP contribution in [0.25, 0.3) is 5.69 Å². The molecule has 0 aliphatic heterocycles. The Morgan fingerprint density at radius 3 is 2.63 bits per heavy atom. The van der Waals surface area contributed by atoms with E-state index < -0.39 is 15.3 Å². The van der Waals surface area contributed by atoms with Crippen molar-refractivity contribution in [3.63, 3.8) is 0 Å². The van der Waals surface area contributed by atoms with Crippen molar-refractivity contribution >= 4 is 45.0 Å². The molecule has 1 N–H and O–H groups in total. The summed E-state index contributed by atoms with van der Waals surface area (Å²) in [5.41, 5.74) is 1.25. The first kappa shape index (κ1) is 22.4. The van der Waals surface area contributed by atoms with Gasteiger partial charge in [0.1, 0.15) is 0 Å². The summed E-state index contributed by atoms with van der Waals surface area (Å²) >= 11 is 7.36. The highest BCUT2D eigenvalue weighted by Crippen LogP contribution is 2.27. The van der Waals surface area contributed by atoms with Crippen molar-refractivity contribution in [2.24, 2.45) is 0 Å². The van der Waals surface area contributed by atoms with Gasteiger partial charge in [0, 0.05) is 42.9 Å². The summed E-state index contributed by atoms with van der Waals surface area (Å²) in [6, 6.07) is 13.5. The third-order valence-electron chi connectivity index (χ3n) is 4.22. The quantitative estimate of drug-likeness (QED) is 0.536. The minimum absolute atomic E-state index is 0.113. The molecule has 0 unspecified atom stereocenters. The highest BCUT2D eigenvalue weighted by atomic mass is 35.5. The fraction of sp³-hybridized carbons (Fsp3) is 0.200. The Morgan fingerprint density at radius 2 is 1.93 bits per heavy atom. The molecule has 3 rings (SSSR count). The molecule has 1 atom stereocenters. The van der Waals surface area contributed by atoms with E-state index in [1.807, 2.05) is 22.8 Å². The first-order chi connectivity index (χ1) is 14.2. The Bertz CT molecular complexity index is 1160. The van der Waals surface area contributed by atoms with Crippen molar-refractivity contribution in [1.82, 2.24) is 13.9 Å². The number of nitrogens with zero attached hydrogens (tertiary/aromatic N) is 3. The highest BCUT2D eigenvalue weighted by Gasteiger charge is 2.20. The number of anilines is 1. The number of imidazole rings is 1. The van der Waals surface area contributed by atoms with Gasteiger partial charge in [0.15, 0.2) is 5.16 Å². The summed E-state index contributed by atoms with van der Waals surface area (Å²) in [6.45, 7) is 1.76. The molecule has 7 nitrogen and oxygen atoms in total. The maximum absolute atomic E-state index is 12.7. The van der Waals surface area contributed by atoms with Gasteiger partial charge in [0.25, 0.3) is 0 Å². The van der Waals surface area contributed by atoms with Gasteiger partial charge in [-0.1, -0.05) is 35.5 Å². The van der Waals surface area contributed by atoms with E-state index in [1.165, 1.54) is 38.0 Å². The lowest BCUT2D eigenvalue weighted by atomic mass is 10.3. The van der Waals surface area contributed by atoms with Gasteiger partial charge in [-0.2, -0.15) is 0 Å². The summed E-state index contributed by atoms with van der Waals surface area (Å²) in [5, 5.41) is 3.55. The van der Waals surface area contributed by atoms with Crippen LogP contribution in [-0.2, 0) is 14.8 Å². The van der Waals surface area contributed by atoms with Crippen molar-refractivity contribution < 1.29 is 13.2 Å². The van der Waals surface area contributed by atoms with Crippen LogP contribution in [0.2, 0.25) is 5.02 Å². The van der Waals surface area contributed by atoms with E-state index in [0.29, 0.717) is 15.9 Å². The number of aromatic nitrogens is 2. The molecule has 10 heteroatoms. The average molecular weight is 465 g/mol. The van der Waals surface area contributed by atoms with Crippen LogP contribution in [0.5, 0.6) is 0 Å². The lowest BCUT2D eigenvalue weighted by molar-refractivity contribution is -0.115. The van der Waals surface area contributed by atoms with Crippen LogP contribution >= 0.6 is 23.4 Å². The predicted octanol–water partition coefficient (Wildman–Crippen LogP) is 3.90. The molecule has 0 saturated heterocycles. The summed E-state index contributed by atoms with van der Waals surface area (Å²) in [7, 11) is -0.664. The van der Waals surface area contributed by atoms with Crippen LogP contribution in [0.4, 0.5) is 5.69 Å². The van der Waals surface area contributed by atoms with Gasteiger partial charge in [-0.3, -0.25) is 9.36 Å². The number of thioether (sulfide) groups is 1. The fourth-order valence-electron chi connectivity index (χ4n) is 2.60. The third-order valence-corrected chi connectivity index (χ3v) is 7.35. The summed E-state index contributed by atoms with van der Waals surface area (Å²) < 4.78 is 27.6. The van der Waals surface area contributed by atoms with Gasteiger partial charge >= 0.3 is 0 Å². The number of amides is 1. The molecule has 30 heavy (non-hydrogen) atoms. The van der Waals surface area contributed by atoms with E-state index in [-0.39, 0.29) is 10.8 Å². The minimum atomic E-state index is -3.58. The number of halogens is 1. The number of hydrogen-bond donors (Lipinski definition) is 1. The normalized spacial score (nSPS) is 12.7. The molecule has 2 aromatic carbocycles. The third kappa shape index (κ3) is 5.04. The highest BCUT2D eigenvalue weighted by molar-refractivity contribution is 8.00. The number of benzene rings is 2. The second-order valence-electron chi connectivity index (χ2n) is 6.62. The molecule has 1 heterocycles. The zero-order chi connectivity index (χ0) is 21.9. The lowest BCUT2D eigenvalue weighted by Crippen LogP contribution is -2.24. The molecular formula is C20H21ClN4O3S2. The van der Waals surface area contributed by atoms with Gasteiger partial charge in [-0.15, -0.1) is 0 Å². The number of nitrogens with one attached hydrogen (secondary N) is 1. The molecular weight excluding hydrogens is 444 g/mol. The molecule has 3 aromatic rings. The standard InChI is InChI=1S/C20H21ClN4O3S2/c1-14(29-20-22-10-11-25(20)17-8-4-6-15(21)12-17)19(26)23-16-7-5-9-18(13-16)30(27,28)24(2)3/h4-14H,1-3H3,(H,23,26)/t14-/m0/s1. The Kier molecular flexibility index (Phi) is 6.87. The van der Waals surface area contributed by atoms with Gasteiger partial charge in [-0.25, -0.2) is 17.7 Å². The van der Waals surface area contributed by atoms with Gasteiger partial charge in [-0.05, 0) is 43.3 Å². The van der Waals surface area contributed by atoms with Gasteiger partial charge in [0.2, 0.25) is 15.9 Å². The molecule has 1 aromatic heterocycles. The minimum Gasteiger partial charge on any atom is -0.325 e. The molecule has 0 fully saturated rings. The maximum atomic E-state index is 12.7. The molecule has 1 amide bonds. The van der Waals surface area contributed by atoms with Gasteiger partial charge in [0.05, 0.1) is 10.1 Å². The number of hydrogen-bond acceptors (Lipinski definition) is 5. The number of sulfonamides is 1. The van der Waals surface area contributed by atoms with E-state index in [0.717, 1.165) is 9.99 Å². The molecule has 158 valence electrons. The number of carbonyl (C=O) groups is 1. The zero-order valence-corrected chi connectivity index (χ0v) is 19.0. The number of carbonyl (C=O) groups excluding carboxylic acids is 1. The summed E-state index contributed by atoms with van der Waals surface area (Å²) in [4.78, 5) is 17.1. The number of rotatable bonds is 7. The van der Waals surface area contributed by atoms with E-state index in [2.05, 4.69) is 10.3 Å². The topological polar surface area (TPSA) is 84.3 Å². The SMILES string of the molecule is C[C@H](Sc1nccn1-c1cccc(Cl)c1)C(=O)Nc1cccc(S(=O)(=O)N(C)C)c1. The smallest absolute Gasteiger partial charge is 0.242 e. The molecule has 0 aliphatic rings. The largest absolute Gasteiger partial charge is 0.325 e. The average Bonchev–Trinajstić information content (AvgIpc) is 3.16. The molecule has 0 aliphatic carbocycles. The van der Waals surface area contributed by atoms with Crippen LogP contribution < -0.4 is 5.32 Å². The fourth-order valence-corrected chi connectivity index (χ4v) is 4.62. The van der Waals surface area contributed by atoms with Crippen LogP contribution in [0.1, 0.15) is 6.92 Å². The van der Waals surface area contributed by atoms with Crippen molar-refractivity contribution in [3.05, 3.63) is 65.9 Å². The van der Waals surface area contributed by atoms with E-state index in [9.17, 15) is 13.2 Å². The van der Waals surface area contributed by atoms with Crippen LogP contribution in [-0.4, -0.2) is 47.5 Å². The van der Waals surface area contributed by atoms with Crippen LogP contribution in [0, 0.1) is 0 Å². The van der Waals surface area contributed by atoms with Crippen molar-refractivity contribution in [1.29, 1.82) is 0 Å². The maximum Gasteiger partial charge on any atom is 0.242 e. The van der Waals surface area contributed by atoms with Gasteiger partial charge < -0.3 is 5.32 Å². The van der Waals surface area contributed by atoms with Crippen molar-refractivity contribution in [3.8, 4) is 5.69 Å². The van der Waals surface area contributed by atoms with Crippen LogP contribution in [0.15, 0.2) is 71.0 Å². The molecule has 0 spiro atoms. The van der Waals surface area contributed by atoms with E-state index in [1.54, 1.807) is 37.5 Å². The second kappa shape index (κ2) is 9.22. The summed E-state index contributed by atoms with van der Waals surface area (Å²) in [5.74, 6) is -0.264. The Morgan fingerprint density at radius 1 is 1.20 bits per heavy atom. The van der Waals surface area contributed by atoms with Crippen LogP contribution in [0.3, 0.4) is 0 Å². The summed E-state index contributed by atoms with van der Waals surface area (Å²) in [6.07, 6.45) is 3.46. The Labute approximate surface area is 185 Å². The predicted molar refractivity (Wildman–Crippen MR) is 120 cm³/mol. The van der Waals surface area contributed by atoms with Crippen molar-refractivity contribution in [2.75, 3.05) is 19.4 Å².